The molecule has 0 saturated carbocycles. The number of piperidine rings is 1. The minimum absolute atomic E-state index is 0.379. The van der Waals surface area contributed by atoms with Gasteiger partial charge in [0.25, 0.3) is 0 Å². The van der Waals surface area contributed by atoms with Crippen molar-refractivity contribution < 1.29 is 0 Å². The summed E-state index contributed by atoms with van der Waals surface area (Å²) in [5.41, 5.74) is 6.18. The predicted octanol–water partition coefficient (Wildman–Crippen LogP) is 5.25. The number of hydrogen-bond acceptors (Lipinski definition) is 1. The lowest BCUT2D eigenvalue weighted by Crippen LogP contribution is -2.42. The molecule has 3 rings (SSSR count). The summed E-state index contributed by atoms with van der Waals surface area (Å²) >= 11 is 0. The van der Waals surface area contributed by atoms with Crippen LogP contribution in [0.2, 0.25) is 0 Å². The van der Waals surface area contributed by atoms with Crippen LogP contribution in [0.15, 0.2) is 48.5 Å². The third-order valence-corrected chi connectivity index (χ3v) is 5.57. The summed E-state index contributed by atoms with van der Waals surface area (Å²) in [6.07, 6.45) is 3.80. The van der Waals surface area contributed by atoms with Crippen LogP contribution in [0.3, 0.4) is 0 Å². The fourth-order valence-corrected chi connectivity index (χ4v) is 4.11. The Kier molecular flexibility index (Phi) is 4.87. The number of aryl methyl sites for hydroxylation is 2. The molecule has 0 radical (unpaired) electrons. The maximum Gasteiger partial charge on any atom is 0.0233 e. The zero-order valence-corrected chi connectivity index (χ0v) is 14.8. The van der Waals surface area contributed by atoms with Crippen LogP contribution >= 0.6 is 0 Å². The molecule has 0 atom stereocenters. The molecule has 122 valence electrons. The predicted molar refractivity (Wildman–Crippen MR) is 98.8 cm³/mol. The number of hydrogen-bond donors (Lipinski definition) is 0. The van der Waals surface area contributed by atoms with Crippen LogP contribution < -0.4 is 0 Å². The van der Waals surface area contributed by atoms with E-state index < -0.39 is 0 Å². The minimum Gasteiger partial charge on any atom is -0.299 e. The second-order valence-electron chi connectivity index (χ2n) is 7.27. The fraction of sp³-hybridized carbons (Fsp3) is 0.455. The first-order valence-corrected chi connectivity index (χ1v) is 8.96. The molecule has 2 aromatic rings. The summed E-state index contributed by atoms with van der Waals surface area (Å²) in [6.45, 7) is 10.3. The van der Waals surface area contributed by atoms with E-state index in [1.165, 1.54) is 49.0 Å². The highest BCUT2D eigenvalue weighted by atomic mass is 15.1. The molecule has 0 aliphatic carbocycles. The molecule has 1 saturated heterocycles. The van der Waals surface area contributed by atoms with E-state index in [0.717, 1.165) is 6.54 Å². The Balaban J connectivity index is 1.72. The molecule has 0 amide bonds. The first-order chi connectivity index (χ1) is 11.1. The molecule has 0 aromatic heterocycles. The normalized spacial score (nSPS) is 18.0. The summed E-state index contributed by atoms with van der Waals surface area (Å²) in [6, 6.07) is 18.0. The second kappa shape index (κ2) is 6.88. The van der Waals surface area contributed by atoms with Gasteiger partial charge in [0.2, 0.25) is 0 Å². The van der Waals surface area contributed by atoms with Gasteiger partial charge in [-0.15, -0.1) is 0 Å². The monoisotopic (exact) mass is 307 g/mol. The van der Waals surface area contributed by atoms with Crippen LogP contribution in [0.4, 0.5) is 0 Å². The molecule has 1 aliphatic heterocycles. The SMILES string of the molecule is CCC1(c2cc(C)cc(C)c2)CCN(Cc2ccccc2)CC1. The number of rotatable bonds is 4. The van der Waals surface area contributed by atoms with Crippen molar-refractivity contribution in [2.45, 2.75) is 52.0 Å². The number of nitrogens with zero attached hydrogens (tertiary/aromatic N) is 1. The summed E-state index contributed by atoms with van der Waals surface area (Å²) < 4.78 is 0. The minimum atomic E-state index is 0.379. The zero-order valence-electron chi connectivity index (χ0n) is 14.8. The Morgan fingerprint density at radius 3 is 2.09 bits per heavy atom. The average Bonchev–Trinajstić information content (AvgIpc) is 2.56. The molecule has 2 aromatic carbocycles. The standard InChI is InChI=1S/C22H29N/c1-4-22(21-15-18(2)14-19(3)16-21)10-12-23(13-11-22)17-20-8-6-5-7-9-20/h5-9,14-16H,4,10-13,17H2,1-3H3. The van der Waals surface area contributed by atoms with Crippen molar-refractivity contribution in [2.75, 3.05) is 13.1 Å². The molecule has 1 aliphatic rings. The topological polar surface area (TPSA) is 3.24 Å². The third-order valence-electron chi connectivity index (χ3n) is 5.57. The van der Waals surface area contributed by atoms with Crippen molar-refractivity contribution in [3.63, 3.8) is 0 Å². The Hall–Kier alpha value is -1.60. The van der Waals surface area contributed by atoms with Gasteiger partial charge in [0.15, 0.2) is 0 Å². The molecule has 0 unspecified atom stereocenters. The summed E-state index contributed by atoms with van der Waals surface area (Å²) in [7, 11) is 0. The van der Waals surface area contributed by atoms with Crippen LogP contribution in [0.5, 0.6) is 0 Å². The van der Waals surface area contributed by atoms with Crippen molar-refractivity contribution in [3.05, 3.63) is 70.8 Å². The molecule has 0 N–H and O–H groups in total. The van der Waals surface area contributed by atoms with Crippen LogP contribution in [0.1, 0.15) is 48.4 Å². The van der Waals surface area contributed by atoms with Crippen LogP contribution in [0, 0.1) is 13.8 Å². The molecule has 1 nitrogen and oxygen atoms in total. The van der Waals surface area contributed by atoms with E-state index in [1.807, 2.05) is 0 Å². The van der Waals surface area contributed by atoms with Crippen molar-refractivity contribution in [3.8, 4) is 0 Å². The van der Waals surface area contributed by atoms with Crippen LogP contribution in [-0.2, 0) is 12.0 Å². The summed E-state index contributed by atoms with van der Waals surface area (Å²) in [4.78, 5) is 2.62. The van der Waals surface area contributed by atoms with Crippen LogP contribution in [0.25, 0.3) is 0 Å². The fourth-order valence-electron chi connectivity index (χ4n) is 4.11. The van der Waals surface area contributed by atoms with Gasteiger partial charge in [-0.25, -0.2) is 0 Å². The van der Waals surface area contributed by atoms with Crippen molar-refractivity contribution in [1.29, 1.82) is 0 Å². The Morgan fingerprint density at radius 1 is 0.913 bits per heavy atom. The van der Waals surface area contributed by atoms with Gasteiger partial charge >= 0.3 is 0 Å². The maximum atomic E-state index is 2.62. The van der Waals surface area contributed by atoms with Gasteiger partial charge in [-0.3, -0.25) is 4.90 Å². The second-order valence-corrected chi connectivity index (χ2v) is 7.27. The quantitative estimate of drug-likeness (QED) is 0.746. The molecule has 1 heteroatoms. The smallest absolute Gasteiger partial charge is 0.0233 e. The molecule has 23 heavy (non-hydrogen) atoms. The zero-order chi connectivity index (χ0) is 16.3. The highest BCUT2D eigenvalue weighted by Crippen LogP contribution is 2.39. The largest absolute Gasteiger partial charge is 0.299 e. The molecule has 0 bridgehead atoms. The van der Waals surface area contributed by atoms with Gasteiger partial charge in [-0.1, -0.05) is 66.6 Å². The van der Waals surface area contributed by atoms with Crippen molar-refractivity contribution in [1.82, 2.24) is 4.90 Å². The first-order valence-electron chi connectivity index (χ1n) is 8.96. The Morgan fingerprint density at radius 2 is 1.52 bits per heavy atom. The van der Waals surface area contributed by atoms with E-state index in [-0.39, 0.29) is 0 Å². The number of benzene rings is 2. The van der Waals surface area contributed by atoms with E-state index >= 15 is 0 Å². The molecule has 0 spiro atoms. The van der Waals surface area contributed by atoms with Gasteiger partial charge < -0.3 is 0 Å². The maximum absolute atomic E-state index is 2.62. The van der Waals surface area contributed by atoms with Gasteiger partial charge in [0, 0.05) is 6.54 Å². The van der Waals surface area contributed by atoms with E-state index in [0.29, 0.717) is 5.41 Å². The highest BCUT2D eigenvalue weighted by molar-refractivity contribution is 5.34. The molecular formula is C22H29N. The Labute approximate surface area is 141 Å². The van der Waals surface area contributed by atoms with Crippen LogP contribution in [-0.4, -0.2) is 18.0 Å². The van der Waals surface area contributed by atoms with Crippen molar-refractivity contribution in [2.24, 2.45) is 0 Å². The lowest BCUT2D eigenvalue weighted by atomic mass is 9.70. The van der Waals surface area contributed by atoms with Crippen molar-refractivity contribution >= 4 is 0 Å². The summed E-state index contributed by atoms with van der Waals surface area (Å²) in [5, 5.41) is 0. The molecule has 1 heterocycles. The highest BCUT2D eigenvalue weighted by Gasteiger charge is 2.34. The van der Waals surface area contributed by atoms with E-state index in [4.69, 9.17) is 0 Å². The Bertz CT molecular complexity index is 616. The van der Waals surface area contributed by atoms with Gasteiger partial charge in [0.05, 0.1) is 0 Å². The van der Waals surface area contributed by atoms with E-state index in [2.05, 4.69) is 74.2 Å². The average molecular weight is 307 g/mol. The molecular weight excluding hydrogens is 278 g/mol. The first kappa shape index (κ1) is 16.3. The van der Waals surface area contributed by atoms with E-state index in [1.54, 1.807) is 5.56 Å². The number of likely N-dealkylation sites (tertiary alicyclic amines) is 1. The van der Waals surface area contributed by atoms with Gasteiger partial charge in [0.1, 0.15) is 0 Å². The summed E-state index contributed by atoms with van der Waals surface area (Å²) in [5.74, 6) is 0. The van der Waals surface area contributed by atoms with E-state index in [9.17, 15) is 0 Å². The third kappa shape index (κ3) is 3.67. The molecule has 1 fully saturated rings. The lowest BCUT2D eigenvalue weighted by molar-refractivity contribution is 0.149. The van der Waals surface area contributed by atoms with Gasteiger partial charge in [-0.2, -0.15) is 0 Å². The van der Waals surface area contributed by atoms with Gasteiger partial charge in [-0.05, 0) is 62.7 Å². The lowest BCUT2D eigenvalue weighted by Gasteiger charge is -2.42.